The Kier molecular flexibility index (Phi) is 5.04. The molecule has 86 valence electrons. The van der Waals surface area contributed by atoms with Crippen LogP contribution in [0.4, 0.5) is 0 Å². The second-order valence-electron chi connectivity index (χ2n) is 3.82. The van der Waals surface area contributed by atoms with Crippen molar-refractivity contribution in [1.29, 1.82) is 0 Å². The lowest BCUT2D eigenvalue weighted by molar-refractivity contribution is 0.361. The number of hydrogen-bond donors (Lipinski definition) is 0. The van der Waals surface area contributed by atoms with Gasteiger partial charge >= 0.3 is 0 Å². The largest absolute Gasteiger partial charge is 0.308 e. The molecule has 0 fully saturated rings. The quantitative estimate of drug-likeness (QED) is 0.684. The number of tetrazole rings is 1. The minimum atomic E-state index is 0.564. The fourth-order valence-corrected chi connectivity index (χ4v) is 1.84. The van der Waals surface area contributed by atoms with Crippen molar-refractivity contribution in [2.75, 3.05) is 20.6 Å². The van der Waals surface area contributed by atoms with Gasteiger partial charge in [-0.25, -0.2) is 4.68 Å². The van der Waals surface area contributed by atoms with Gasteiger partial charge in [0.1, 0.15) is 0 Å². The summed E-state index contributed by atoms with van der Waals surface area (Å²) in [5, 5.41) is 13.2. The first-order valence-electron chi connectivity index (χ1n) is 5.21. The van der Waals surface area contributed by atoms with E-state index in [2.05, 4.69) is 34.3 Å². The van der Waals surface area contributed by atoms with E-state index >= 15 is 0 Å². The van der Waals surface area contributed by atoms with Crippen LogP contribution < -0.4 is 0 Å². The molecule has 0 saturated carbocycles. The van der Waals surface area contributed by atoms with E-state index in [4.69, 9.17) is 0 Å². The molecule has 1 rings (SSSR count). The minimum absolute atomic E-state index is 0.564. The van der Waals surface area contributed by atoms with Gasteiger partial charge in [-0.15, -0.1) is 5.10 Å². The first kappa shape index (κ1) is 12.4. The summed E-state index contributed by atoms with van der Waals surface area (Å²) in [6.45, 7) is 6.17. The second kappa shape index (κ2) is 6.07. The van der Waals surface area contributed by atoms with Crippen molar-refractivity contribution in [2.24, 2.45) is 0 Å². The van der Waals surface area contributed by atoms with Crippen LogP contribution in [-0.2, 0) is 6.54 Å². The van der Waals surface area contributed by atoms with E-state index in [0.717, 1.165) is 24.7 Å². The Balaban J connectivity index is 2.53. The highest BCUT2D eigenvalue weighted by atomic mass is 32.2. The van der Waals surface area contributed by atoms with Gasteiger partial charge in [0, 0.05) is 11.8 Å². The van der Waals surface area contributed by atoms with Gasteiger partial charge in [0.15, 0.2) is 0 Å². The normalized spacial score (nSPS) is 13.4. The Labute approximate surface area is 95.2 Å². The lowest BCUT2D eigenvalue weighted by atomic mass is 10.4. The predicted octanol–water partition coefficient (Wildman–Crippen LogP) is 1.13. The lowest BCUT2D eigenvalue weighted by Gasteiger charge is -2.11. The van der Waals surface area contributed by atoms with Gasteiger partial charge in [0.2, 0.25) is 5.16 Å². The van der Waals surface area contributed by atoms with Crippen LogP contribution in [0.1, 0.15) is 20.3 Å². The molecule has 0 N–H and O–H groups in total. The van der Waals surface area contributed by atoms with E-state index in [1.54, 1.807) is 11.8 Å². The molecule has 1 atom stereocenters. The molecule has 1 aromatic rings. The van der Waals surface area contributed by atoms with Crippen molar-refractivity contribution in [3.8, 4) is 0 Å². The van der Waals surface area contributed by atoms with Gasteiger partial charge in [0.25, 0.3) is 0 Å². The summed E-state index contributed by atoms with van der Waals surface area (Å²) < 4.78 is 1.87. The summed E-state index contributed by atoms with van der Waals surface area (Å²) in [6, 6.07) is 0. The molecule has 0 saturated heterocycles. The average molecular weight is 229 g/mol. The van der Waals surface area contributed by atoms with Gasteiger partial charge in [0.05, 0.1) is 6.54 Å². The summed E-state index contributed by atoms with van der Waals surface area (Å²) in [7, 11) is 4.09. The highest BCUT2D eigenvalue weighted by Crippen LogP contribution is 2.21. The average Bonchev–Trinajstić information content (AvgIpc) is 2.62. The van der Waals surface area contributed by atoms with Crippen molar-refractivity contribution in [3.05, 3.63) is 0 Å². The number of rotatable bonds is 6. The van der Waals surface area contributed by atoms with Crippen molar-refractivity contribution in [3.63, 3.8) is 0 Å². The standard InChI is InChI=1S/C9H19N5S/c1-5-8(2)15-9-10-11-12-14(9)7-6-13(3)4/h8H,5-7H2,1-4H3. The fourth-order valence-electron chi connectivity index (χ4n) is 0.979. The van der Waals surface area contributed by atoms with Crippen LogP contribution in [0.3, 0.4) is 0 Å². The van der Waals surface area contributed by atoms with Crippen molar-refractivity contribution < 1.29 is 0 Å². The highest BCUT2D eigenvalue weighted by Gasteiger charge is 2.10. The van der Waals surface area contributed by atoms with Crippen LogP contribution in [0.5, 0.6) is 0 Å². The monoisotopic (exact) mass is 229 g/mol. The maximum Gasteiger partial charge on any atom is 0.209 e. The van der Waals surface area contributed by atoms with E-state index < -0.39 is 0 Å². The maximum atomic E-state index is 4.03. The summed E-state index contributed by atoms with van der Waals surface area (Å²) in [4.78, 5) is 2.12. The Morgan fingerprint density at radius 3 is 2.80 bits per heavy atom. The molecule has 0 aliphatic carbocycles. The predicted molar refractivity (Wildman–Crippen MR) is 62.0 cm³/mol. The highest BCUT2D eigenvalue weighted by molar-refractivity contribution is 7.99. The van der Waals surface area contributed by atoms with Gasteiger partial charge < -0.3 is 4.90 Å². The van der Waals surface area contributed by atoms with Crippen molar-refractivity contribution in [1.82, 2.24) is 25.1 Å². The molecule has 5 nitrogen and oxygen atoms in total. The SMILES string of the molecule is CCC(C)Sc1nnnn1CCN(C)C. The molecule has 1 heterocycles. The van der Waals surface area contributed by atoms with E-state index in [-0.39, 0.29) is 0 Å². The zero-order valence-electron chi connectivity index (χ0n) is 9.84. The number of thioether (sulfide) groups is 1. The van der Waals surface area contributed by atoms with Gasteiger partial charge in [-0.2, -0.15) is 0 Å². The molecule has 0 bridgehead atoms. The summed E-state index contributed by atoms with van der Waals surface area (Å²) in [5.74, 6) is 0. The number of nitrogens with zero attached hydrogens (tertiary/aromatic N) is 5. The number of likely N-dealkylation sites (N-methyl/N-ethyl adjacent to an activating group) is 1. The zero-order chi connectivity index (χ0) is 11.3. The van der Waals surface area contributed by atoms with Crippen LogP contribution in [0, 0.1) is 0 Å². The summed E-state index contributed by atoms with van der Waals surface area (Å²) >= 11 is 1.74. The van der Waals surface area contributed by atoms with Crippen LogP contribution in [0.15, 0.2) is 5.16 Å². The molecule has 0 spiro atoms. The first-order valence-corrected chi connectivity index (χ1v) is 6.09. The van der Waals surface area contributed by atoms with Crippen LogP contribution in [-0.4, -0.2) is 51.0 Å². The van der Waals surface area contributed by atoms with Crippen LogP contribution >= 0.6 is 11.8 Å². The summed E-state index contributed by atoms with van der Waals surface area (Å²) in [6.07, 6.45) is 1.13. The number of hydrogen-bond acceptors (Lipinski definition) is 5. The van der Waals surface area contributed by atoms with Gasteiger partial charge in [-0.3, -0.25) is 0 Å². The minimum Gasteiger partial charge on any atom is -0.308 e. The number of aromatic nitrogens is 4. The molecular weight excluding hydrogens is 210 g/mol. The fraction of sp³-hybridized carbons (Fsp3) is 0.889. The molecule has 0 amide bonds. The third-order valence-electron chi connectivity index (χ3n) is 2.14. The second-order valence-corrected chi connectivity index (χ2v) is 5.23. The molecule has 6 heteroatoms. The molecule has 0 aliphatic rings. The van der Waals surface area contributed by atoms with Crippen molar-refractivity contribution >= 4 is 11.8 Å². The third-order valence-corrected chi connectivity index (χ3v) is 3.38. The molecule has 0 aromatic carbocycles. The molecule has 1 unspecified atom stereocenters. The maximum absolute atomic E-state index is 4.03. The lowest BCUT2D eigenvalue weighted by Crippen LogP contribution is -2.19. The van der Waals surface area contributed by atoms with Crippen molar-refractivity contribution in [2.45, 2.75) is 37.2 Å². The third kappa shape index (κ3) is 4.17. The molecule has 0 aliphatic heterocycles. The van der Waals surface area contributed by atoms with Crippen LogP contribution in [0.2, 0.25) is 0 Å². The summed E-state index contributed by atoms with van der Waals surface area (Å²) in [5.41, 5.74) is 0. The van der Waals surface area contributed by atoms with E-state index in [1.807, 2.05) is 18.8 Å². The van der Waals surface area contributed by atoms with Gasteiger partial charge in [-0.1, -0.05) is 25.6 Å². The smallest absolute Gasteiger partial charge is 0.209 e. The Morgan fingerprint density at radius 1 is 1.47 bits per heavy atom. The Bertz CT molecular complexity index is 286. The first-order chi connectivity index (χ1) is 7.13. The van der Waals surface area contributed by atoms with E-state index in [9.17, 15) is 0 Å². The zero-order valence-corrected chi connectivity index (χ0v) is 10.7. The van der Waals surface area contributed by atoms with Gasteiger partial charge in [-0.05, 0) is 30.9 Å². The molecule has 1 aromatic heterocycles. The molecule has 0 radical (unpaired) electrons. The van der Waals surface area contributed by atoms with Crippen LogP contribution in [0.25, 0.3) is 0 Å². The van der Waals surface area contributed by atoms with E-state index in [1.165, 1.54) is 0 Å². The Hall–Kier alpha value is -0.620. The molecular formula is C9H19N5S. The molecule has 15 heavy (non-hydrogen) atoms. The Morgan fingerprint density at radius 2 is 2.20 bits per heavy atom. The van der Waals surface area contributed by atoms with E-state index in [0.29, 0.717) is 5.25 Å². The topological polar surface area (TPSA) is 46.8 Å².